The van der Waals surface area contributed by atoms with Crippen molar-refractivity contribution >= 4 is 5.91 Å². The summed E-state index contributed by atoms with van der Waals surface area (Å²) in [4.78, 5) is 11.6. The third kappa shape index (κ3) is 5.22. The van der Waals surface area contributed by atoms with Gasteiger partial charge in [-0.1, -0.05) is 34.6 Å². The van der Waals surface area contributed by atoms with Crippen molar-refractivity contribution < 1.29 is 4.79 Å². The van der Waals surface area contributed by atoms with Crippen LogP contribution in [-0.4, -0.2) is 18.5 Å². The van der Waals surface area contributed by atoms with E-state index in [1.807, 2.05) is 20.8 Å². The van der Waals surface area contributed by atoms with Crippen molar-refractivity contribution in [1.82, 2.24) is 5.32 Å². The number of hydrogen-bond acceptors (Lipinski definition) is 2. The molecule has 3 heteroatoms. The normalized spacial score (nSPS) is 14.2. The van der Waals surface area contributed by atoms with E-state index in [2.05, 4.69) is 19.2 Å². The Bertz CT molecular complexity index is 182. The van der Waals surface area contributed by atoms with E-state index >= 15 is 0 Å². The molecular weight excluding hydrogens is 176 g/mol. The minimum atomic E-state index is -0.329. The highest BCUT2D eigenvalue weighted by atomic mass is 16.2. The van der Waals surface area contributed by atoms with E-state index in [0.29, 0.717) is 12.5 Å². The first-order chi connectivity index (χ1) is 6.27. The number of hydrogen-bond donors (Lipinski definition) is 2. The Hall–Kier alpha value is -0.570. The highest BCUT2D eigenvalue weighted by Gasteiger charge is 2.23. The maximum atomic E-state index is 11.6. The molecule has 0 aliphatic carbocycles. The van der Waals surface area contributed by atoms with Gasteiger partial charge in [0.25, 0.3) is 0 Å². The van der Waals surface area contributed by atoms with Gasteiger partial charge in [-0.05, 0) is 12.3 Å². The molecular formula is C11H24N2O. The van der Waals surface area contributed by atoms with Crippen LogP contribution in [0.2, 0.25) is 0 Å². The fourth-order valence-corrected chi connectivity index (χ4v) is 1.19. The number of nitrogens with two attached hydrogens (primary N) is 1. The first kappa shape index (κ1) is 13.4. The van der Waals surface area contributed by atoms with E-state index in [1.165, 1.54) is 0 Å². The second kappa shape index (κ2) is 5.35. The van der Waals surface area contributed by atoms with E-state index in [0.717, 1.165) is 6.42 Å². The van der Waals surface area contributed by atoms with Crippen molar-refractivity contribution in [3.8, 4) is 0 Å². The predicted octanol–water partition coefficient (Wildman–Crippen LogP) is 1.52. The molecule has 1 atom stereocenters. The molecule has 0 heterocycles. The molecule has 0 bridgehead atoms. The number of amides is 1. The molecule has 0 aromatic rings. The fraction of sp³-hybridized carbons (Fsp3) is 0.909. The Balaban J connectivity index is 4.12. The summed E-state index contributed by atoms with van der Waals surface area (Å²) in [7, 11) is 0. The van der Waals surface area contributed by atoms with Crippen LogP contribution < -0.4 is 11.1 Å². The van der Waals surface area contributed by atoms with Gasteiger partial charge >= 0.3 is 0 Å². The Kier molecular flexibility index (Phi) is 5.13. The summed E-state index contributed by atoms with van der Waals surface area (Å²) < 4.78 is 0. The molecule has 0 aromatic carbocycles. The maximum absolute atomic E-state index is 11.6. The van der Waals surface area contributed by atoms with Crippen LogP contribution >= 0.6 is 0 Å². The SMILES string of the molecule is CC(C)CC(CN)NC(=O)C(C)(C)C. The molecule has 3 nitrogen and oxygen atoms in total. The second-order valence-corrected chi connectivity index (χ2v) is 5.29. The van der Waals surface area contributed by atoms with Gasteiger partial charge in [-0.25, -0.2) is 0 Å². The molecule has 0 radical (unpaired) electrons. The molecule has 0 saturated heterocycles. The Morgan fingerprint density at radius 3 is 2.14 bits per heavy atom. The van der Waals surface area contributed by atoms with E-state index in [9.17, 15) is 4.79 Å². The minimum Gasteiger partial charge on any atom is -0.352 e. The summed E-state index contributed by atoms with van der Waals surface area (Å²) in [5, 5.41) is 2.97. The molecule has 0 spiro atoms. The largest absolute Gasteiger partial charge is 0.352 e. The fourth-order valence-electron chi connectivity index (χ4n) is 1.19. The summed E-state index contributed by atoms with van der Waals surface area (Å²) in [5.74, 6) is 0.636. The lowest BCUT2D eigenvalue weighted by atomic mass is 9.94. The highest BCUT2D eigenvalue weighted by Crippen LogP contribution is 2.14. The van der Waals surface area contributed by atoms with E-state index in [-0.39, 0.29) is 17.4 Å². The number of carbonyl (C=O) groups excluding carboxylic acids is 1. The maximum Gasteiger partial charge on any atom is 0.225 e. The van der Waals surface area contributed by atoms with Gasteiger partial charge < -0.3 is 11.1 Å². The number of carbonyl (C=O) groups is 1. The summed E-state index contributed by atoms with van der Waals surface area (Å²) in [6.45, 7) is 10.5. The average molecular weight is 200 g/mol. The summed E-state index contributed by atoms with van der Waals surface area (Å²) in [6.07, 6.45) is 0.943. The molecule has 14 heavy (non-hydrogen) atoms. The van der Waals surface area contributed by atoms with Gasteiger partial charge in [0.15, 0.2) is 0 Å². The first-order valence-electron chi connectivity index (χ1n) is 5.28. The summed E-state index contributed by atoms with van der Waals surface area (Å²) >= 11 is 0. The molecule has 1 unspecified atom stereocenters. The number of rotatable bonds is 4. The van der Waals surface area contributed by atoms with Gasteiger partial charge in [0, 0.05) is 18.0 Å². The van der Waals surface area contributed by atoms with Crippen LogP contribution in [0.15, 0.2) is 0 Å². The van der Waals surface area contributed by atoms with Crippen LogP contribution in [0.25, 0.3) is 0 Å². The van der Waals surface area contributed by atoms with Crippen LogP contribution in [0.1, 0.15) is 41.0 Å². The van der Waals surface area contributed by atoms with E-state index < -0.39 is 0 Å². The lowest BCUT2D eigenvalue weighted by Crippen LogP contribution is -2.45. The van der Waals surface area contributed by atoms with Crippen LogP contribution in [-0.2, 0) is 4.79 Å². The number of nitrogens with one attached hydrogen (secondary N) is 1. The highest BCUT2D eigenvalue weighted by molar-refractivity contribution is 5.81. The zero-order valence-corrected chi connectivity index (χ0v) is 10.1. The second-order valence-electron chi connectivity index (χ2n) is 5.29. The minimum absolute atomic E-state index is 0.0774. The quantitative estimate of drug-likeness (QED) is 0.723. The molecule has 0 aliphatic rings. The van der Waals surface area contributed by atoms with Crippen LogP contribution in [0, 0.1) is 11.3 Å². The van der Waals surface area contributed by atoms with Crippen molar-refractivity contribution in [3.63, 3.8) is 0 Å². The van der Waals surface area contributed by atoms with Gasteiger partial charge in [-0.3, -0.25) is 4.79 Å². The third-order valence-electron chi connectivity index (χ3n) is 2.06. The molecule has 0 saturated carbocycles. The zero-order valence-electron chi connectivity index (χ0n) is 10.1. The van der Waals surface area contributed by atoms with Crippen LogP contribution in [0.5, 0.6) is 0 Å². The zero-order chi connectivity index (χ0) is 11.4. The van der Waals surface area contributed by atoms with Gasteiger partial charge in [-0.15, -0.1) is 0 Å². The third-order valence-corrected chi connectivity index (χ3v) is 2.06. The Labute approximate surface area is 87.4 Å². The van der Waals surface area contributed by atoms with Crippen molar-refractivity contribution in [1.29, 1.82) is 0 Å². The standard InChI is InChI=1S/C11H24N2O/c1-8(2)6-9(7-12)13-10(14)11(3,4)5/h8-9H,6-7,12H2,1-5H3,(H,13,14). The molecule has 0 aromatic heterocycles. The van der Waals surface area contributed by atoms with Gasteiger partial charge in [0.05, 0.1) is 0 Å². The molecule has 3 N–H and O–H groups in total. The molecule has 1 amide bonds. The van der Waals surface area contributed by atoms with Gasteiger partial charge in [0.2, 0.25) is 5.91 Å². The molecule has 0 aliphatic heterocycles. The lowest BCUT2D eigenvalue weighted by Gasteiger charge is -2.24. The van der Waals surface area contributed by atoms with Crippen LogP contribution in [0.4, 0.5) is 0 Å². The summed E-state index contributed by atoms with van der Waals surface area (Å²) in [6, 6.07) is 0.113. The summed E-state index contributed by atoms with van der Waals surface area (Å²) in [5.41, 5.74) is 5.27. The predicted molar refractivity (Wildman–Crippen MR) is 59.9 cm³/mol. The van der Waals surface area contributed by atoms with Crippen molar-refractivity contribution in [2.24, 2.45) is 17.1 Å². The van der Waals surface area contributed by atoms with Crippen LogP contribution in [0.3, 0.4) is 0 Å². The van der Waals surface area contributed by atoms with Gasteiger partial charge in [0.1, 0.15) is 0 Å². The Morgan fingerprint density at radius 1 is 1.36 bits per heavy atom. The van der Waals surface area contributed by atoms with Crippen molar-refractivity contribution in [2.75, 3.05) is 6.54 Å². The van der Waals surface area contributed by atoms with E-state index in [1.54, 1.807) is 0 Å². The molecule has 0 fully saturated rings. The monoisotopic (exact) mass is 200 g/mol. The van der Waals surface area contributed by atoms with Crippen molar-refractivity contribution in [3.05, 3.63) is 0 Å². The van der Waals surface area contributed by atoms with Gasteiger partial charge in [-0.2, -0.15) is 0 Å². The first-order valence-corrected chi connectivity index (χ1v) is 5.28. The lowest BCUT2D eigenvalue weighted by molar-refractivity contribution is -0.129. The smallest absolute Gasteiger partial charge is 0.225 e. The Morgan fingerprint density at radius 2 is 1.86 bits per heavy atom. The van der Waals surface area contributed by atoms with Crippen molar-refractivity contribution in [2.45, 2.75) is 47.1 Å². The van der Waals surface area contributed by atoms with E-state index in [4.69, 9.17) is 5.73 Å². The topological polar surface area (TPSA) is 55.1 Å². The average Bonchev–Trinajstić information content (AvgIpc) is 2.00. The molecule has 0 rings (SSSR count). The molecule has 84 valence electrons.